The zero-order chi connectivity index (χ0) is 22.6. The van der Waals surface area contributed by atoms with Gasteiger partial charge in [-0.3, -0.25) is 0 Å². The van der Waals surface area contributed by atoms with Gasteiger partial charge in [0.15, 0.2) is 0 Å². The van der Waals surface area contributed by atoms with Crippen molar-refractivity contribution < 1.29 is 4.39 Å². The summed E-state index contributed by atoms with van der Waals surface area (Å²) in [6, 6.07) is 35.1. The largest absolute Gasteiger partial charge is 0.338 e. The van der Waals surface area contributed by atoms with Gasteiger partial charge in [-0.15, -0.1) is 0 Å². The Morgan fingerprint density at radius 3 is 2.12 bits per heavy atom. The Morgan fingerprint density at radius 1 is 0.647 bits per heavy atom. The molecule has 2 aromatic heterocycles. The van der Waals surface area contributed by atoms with E-state index in [-0.39, 0.29) is 5.82 Å². The minimum Gasteiger partial charge on any atom is -0.338 e. The Balaban J connectivity index is 1.58. The van der Waals surface area contributed by atoms with Crippen LogP contribution in [0.5, 0.6) is 0 Å². The number of aryl methyl sites for hydroxylation is 2. The lowest BCUT2D eigenvalue weighted by Crippen LogP contribution is -2.13. The average Bonchev–Trinajstić information content (AvgIpc) is 3.39. The van der Waals surface area contributed by atoms with Crippen molar-refractivity contribution in [3.8, 4) is 22.5 Å². The molecule has 0 aliphatic carbocycles. The van der Waals surface area contributed by atoms with Gasteiger partial charge in [-0.25, -0.2) is 4.39 Å². The standard InChI is InChI=1S/C31H23FN2/c32-23-16-14-21(15-17-23)20-34-27-12-6-4-10-24(27)25-18-19-33-28-13-7-5-11-26(28)29(31(33)30(25)34)22-8-2-1-3-9-22/h1-17H,18-20H2. The normalized spacial score (nSPS) is 12.7. The summed E-state index contributed by atoms with van der Waals surface area (Å²) in [4.78, 5) is 0. The Labute approximate surface area is 197 Å². The lowest BCUT2D eigenvalue weighted by Gasteiger charge is -2.22. The predicted molar refractivity (Wildman–Crippen MR) is 138 cm³/mol. The Hall–Kier alpha value is -4.11. The second-order valence-electron chi connectivity index (χ2n) is 9.07. The van der Waals surface area contributed by atoms with Gasteiger partial charge in [0.1, 0.15) is 5.82 Å². The minimum absolute atomic E-state index is 0.199. The quantitative estimate of drug-likeness (QED) is 0.266. The molecule has 3 heterocycles. The van der Waals surface area contributed by atoms with Crippen LogP contribution in [0.15, 0.2) is 103 Å². The van der Waals surface area contributed by atoms with Crippen LogP contribution in [0.1, 0.15) is 11.1 Å². The van der Waals surface area contributed by atoms with Crippen LogP contribution in [0.2, 0.25) is 0 Å². The third-order valence-electron chi connectivity index (χ3n) is 7.17. The van der Waals surface area contributed by atoms with Gasteiger partial charge < -0.3 is 9.13 Å². The molecule has 164 valence electrons. The molecule has 7 rings (SSSR count). The maximum atomic E-state index is 13.6. The molecule has 0 radical (unpaired) electrons. The van der Waals surface area contributed by atoms with Crippen LogP contribution in [-0.4, -0.2) is 9.13 Å². The number of hydrogen-bond acceptors (Lipinski definition) is 0. The number of hydrogen-bond donors (Lipinski definition) is 0. The van der Waals surface area contributed by atoms with E-state index < -0.39 is 0 Å². The second kappa shape index (κ2) is 7.46. The molecule has 0 unspecified atom stereocenters. The Morgan fingerprint density at radius 2 is 1.32 bits per heavy atom. The molecule has 4 aromatic carbocycles. The van der Waals surface area contributed by atoms with E-state index in [0.29, 0.717) is 6.54 Å². The zero-order valence-corrected chi connectivity index (χ0v) is 18.7. The second-order valence-corrected chi connectivity index (χ2v) is 9.07. The number of nitrogens with zero attached hydrogens (tertiary/aromatic N) is 2. The molecule has 6 aromatic rings. The number of benzene rings is 4. The maximum absolute atomic E-state index is 13.6. The minimum atomic E-state index is -0.199. The number of aromatic nitrogens is 2. The monoisotopic (exact) mass is 442 g/mol. The highest BCUT2D eigenvalue weighted by Gasteiger charge is 2.30. The third kappa shape index (κ3) is 2.80. The number of rotatable bonds is 3. The lowest BCUT2D eigenvalue weighted by atomic mass is 9.96. The van der Waals surface area contributed by atoms with Crippen molar-refractivity contribution in [2.75, 3.05) is 0 Å². The molecule has 0 spiro atoms. The molecule has 3 heteroatoms. The Bertz CT molecular complexity index is 1670. The highest BCUT2D eigenvalue weighted by molar-refractivity contribution is 6.07. The van der Waals surface area contributed by atoms with Crippen molar-refractivity contribution in [3.63, 3.8) is 0 Å². The fourth-order valence-electron chi connectivity index (χ4n) is 5.74. The summed E-state index contributed by atoms with van der Waals surface area (Å²) in [7, 11) is 0. The van der Waals surface area contributed by atoms with Gasteiger partial charge in [0.05, 0.1) is 11.4 Å². The zero-order valence-electron chi connectivity index (χ0n) is 18.7. The van der Waals surface area contributed by atoms with Crippen LogP contribution >= 0.6 is 0 Å². The fourth-order valence-corrected chi connectivity index (χ4v) is 5.74. The molecule has 0 atom stereocenters. The highest BCUT2D eigenvalue weighted by Crippen LogP contribution is 2.47. The molecule has 1 aliphatic rings. The average molecular weight is 443 g/mol. The lowest BCUT2D eigenvalue weighted by molar-refractivity contribution is 0.626. The van der Waals surface area contributed by atoms with E-state index in [1.54, 1.807) is 12.1 Å². The topological polar surface area (TPSA) is 9.86 Å². The molecule has 0 N–H and O–H groups in total. The summed E-state index contributed by atoms with van der Waals surface area (Å²) in [5.74, 6) is -0.199. The van der Waals surface area contributed by atoms with Gasteiger partial charge in [0, 0.05) is 40.5 Å². The summed E-state index contributed by atoms with van der Waals surface area (Å²) in [5, 5.41) is 2.60. The predicted octanol–water partition coefficient (Wildman–Crippen LogP) is 7.67. The van der Waals surface area contributed by atoms with Crippen LogP contribution in [0.3, 0.4) is 0 Å². The molecular weight excluding hydrogens is 419 g/mol. The van der Waals surface area contributed by atoms with E-state index in [1.165, 1.54) is 49.9 Å². The SMILES string of the molecule is Fc1ccc(Cn2c3c(c4ccccc42)CCn2c-3c(-c3ccccc3)c3ccccc32)cc1. The van der Waals surface area contributed by atoms with Crippen LogP contribution < -0.4 is 0 Å². The third-order valence-corrected chi connectivity index (χ3v) is 7.17. The molecule has 0 fully saturated rings. The van der Waals surface area contributed by atoms with Crippen molar-refractivity contribution in [1.29, 1.82) is 0 Å². The number of halogens is 1. The van der Waals surface area contributed by atoms with E-state index in [2.05, 4.69) is 88.0 Å². The molecule has 0 bridgehead atoms. The van der Waals surface area contributed by atoms with E-state index >= 15 is 0 Å². The molecule has 0 saturated carbocycles. The van der Waals surface area contributed by atoms with Gasteiger partial charge in [0.25, 0.3) is 0 Å². The van der Waals surface area contributed by atoms with Gasteiger partial charge in [-0.1, -0.05) is 78.9 Å². The van der Waals surface area contributed by atoms with Gasteiger partial charge in [0.2, 0.25) is 0 Å². The van der Waals surface area contributed by atoms with E-state index in [4.69, 9.17) is 0 Å². The first-order valence-electron chi connectivity index (χ1n) is 11.8. The molecular formula is C31H23FN2. The van der Waals surface area contributed by atoms with Gasteiger partial charge in [-0.05, 0) is 47.4 Å². The van der Waals surface area contributed by atoms with Crippen LogP contribution in [0, 0.1) is 5.82 Å². The fraction of sp³-hybridized carbons (Fsp3) is 0.0968. The van der Waals surface area contributed by atoms with Crippen molar-refractivity contribution in [3.05, 3.63) is 120 Å². The number of para-hydroxylation sites is 2. The molecule has 0 amide bonds. The summed E-state index contributed by atoms with van der Waals surface area (Å²) in [5.41, 5.74) is 10.1. The molecule has 2 nitrogen and oxygen atoms in total. The van der Waals surface area contributed by atoms with E-state index in [1.807, 2.05) is 12.1 Å². The number of fused-ring (bicyclic) bond motifs is 7. The molecule has 34 heavy (non-hydrogen) atoms. The van der Waals surface area contributed by atoms with E-state index in [9.17, 15) is 4.39 Å². The van der Waals surface area contributed by atoms with E-state index in [0.717, 1.165) is 18.5 Å². The first-order chi connectivity index (χ1) is 16.8. The summed E-state index contributed by atoms with van der Waals surface area (Å²) in [6.45, 7) is 1.66. The smallest absolute Gasteiger partial charge is 0.123 e. The van der Waals surface area contributed by atoms with Crippen molar-refractivity contribution >= 4 is 21.8 Å². The van der Waals surface area contributed by atoms with Gasteiger partial charge in [-0.2, -0.15) is 0 Å². The van der Waals surface area contributed by atoms with Crippen LogP contribution in [0.25, 0.3) is 44.3 Å². The van der Waals surface area contributed by atoms with Crippen molar-refractivity contribution in [1.82, 2.24) is 9.13 Å². The highest BCUT2D eigenvalue weighted by atomic mass is 19.1. The maximum Gasteiger partial charge on any atom is 0.123 e. The first-order valence-corrected chi connectivity index (χ1v) is 11.8. The van der Waals surface area contributed by atoms with Gasteiger partial charge >= 0.3 is 0 Å². The Kier molecular flexibility index (Phi) is 4.25. The van der Waals surface area contributed by atoms with Crippen molar-refractivity contribution in [2.45, 2.75) is 19.5 Å². The summed E-state index contributed by atoms with van der Waals surface area (Å²) in [6.07, 6.45) is 0.992. The first kappa shape index (κ1) is 19.4. The van der Waals surface area contributed by atoms with Crippen molar-refractivity contribution in [2.24, 2.45) is 0 Å². The van der Waals surface area contributed by atoms with Crippen LogP contribution in [0.4, 0.5) is 4.39 Å². The molecule has 0 saturated heterocycles. The molecule has 1 aliphatic heterocycles. The summed E-state index contributed by atoms with van der Waals surface area (Å²) >= 11 is 0. The summed E-state index contributed by atoms with van der Waals surface area (Å²) < 4.78 is 18.6. The van der Waals surface area contributed by atoms with Crippen LogP contribution in [-0.2, 0) is 19.5 Å².